The third-order valence-electron chi connectivity index (χ3n) is 3.39. The summed E-state index contributed by atoms with van der Waals surface area (Å²) in [4.78, 5) is 0. The van der Waals surface area contributed by atoms with E-state index in [1.165, 1.54) is 13.2 Å². The maximum atomic E-state index is 13.8. The molecule has 17 heavy (non-hydrogen) atoms. The standard InChI is InChI=1S/C13H17ClFNO/c1-8-10(14)6-11(15)13(17-2)12(8)9-4-3-5-16-7-9/h6,9,16H,3-5,7H2,1-2H3. The van der Waals surface area contributed by atoms with Crippen LogP contribution in [0.1, 0.15) is 29.9 Å². The van der Waals surface area contributed by atoms with Gasteiger partial charge in [0.15, 0.2) is 11.6 Å². The Morgan fingerprint density at radius 3 is 2.88 bits per heavy atom. The van der Waals surface area contributed by atoms with Crippen molar-refractivity contribution < 1.29 is 9.13 Å². The SMILES string of the molecule is COc1c(F)cc(Cl)c(C)c1C1CCCNC1. The highest BCUT2D eigenvalue weighted by atomic mass is 35.5. The molecule has 0 aliphatic carbocycles. The molecule has 4 heteroatoms. The molecule has 0 saturated carbocycles. The molecule has 1 atom stereocenters. The average molecular weight is 258 g/mol. The van der Waals surface area contributed by atoms with Crippen molar-refractivity contribution in [1.82, 2.24) is 5.32 Å². The molecule has 1 saturated heterocycles. The van der Waals surface area contributed by atoms with Gasteiger partial charge in [-0.05, 0) is 37.9 Å². The minimum absolute atomic E-state index is 0.284. The average Bonchev–Trinajstić information content (AvgIpc) is 2.34. The maximum Gasteiger partial charge on any atom is 0.166 e. The summed E-state index contributed by atoms with van der Waals surface area (Å²) in [5.41, 5.74) is 1.85. The van der Waals surface area contributed by atoms with Gasteiger partial charge in [0.05, 0.1) is 7.11 Å². The summed E-state index contributed by atoms with van der Waals surface area (Å²) in [5.74, 6) is 0.260. The fraction of sp³-hybridized carbons (Fsp3) is 0.538. The third-order valence-corrected chi connectivity index (χ3v) is 3.78. The lowest BCUT2D eigenvalue weighted by Gasteiger charge is -2.26. The van der Waals surface area contributed by atoms with E-state index in [-0.39, 0.29) is 11.7 Å². The van der Waals surface area contributed by atoms with Crippen molar-refractivity contribution in [1.29, 1.82) is 0 Å². The Labute approximate surface area is 106 Å². The highest BCUT2D eigenvalue weighted by Gasteiger charge is 2.24. The van der Waals surface area contributed by atoms with Gasteiger partial charge in [-0.3, -0.25) is 0 Å². The number of hydrogen-bond acceptors (Lipinski definition) is 2. The van der Waals surface area contributed by atoms with Gasteiger partial charge in [0.25, 0.3) is 0 Å². The Balaban J connectivity index is 2.48. The molecule has 1 heterocycles. The largest absolute Gasteiger partial charge is 0.493 e. The maximum absolute atomic E-state index is 13.8. The second kappa shape index (κ2) is 5.23. The molecule has 1 aromatic carbocycles. The number of benzene rings is 1. The minimum Gasteiger partial charge on any atom is -0.493 e. The van der Waals surface area contributed by atoms with E-state index in [0.29, 0.717) is 10.8 Å². The second-order valence-corrected chi connectivity index (χ2v) is 4.86. The molecule has 1 aliphatic rings. The van der Waals surface area contributed by atoms with Gasteiger partial charge in [-0.1, -0.05) is 11.6 Å². The number of methoxy groups -OCH3 is 1. The summed E-state index contributed by atoms with van der Waals surface area (Å²) in [6.45, 7) is 3.81. The summed E-state index contributed by atoms with van der Waals surface area (Å²) >= 11 is 6.05. The van der Waals surface area contributed by atoms with Gasteiger partial charge in [-0.25, -0.2) is 4.39 Å². The summed E-state index contributed by atoms with van der Waals surface area (Å²) in [5, 5.41) is 3.81. The Kier molecular flexibility index (Phi) is 3.89. The van der Waals surface area contributed by atoms with E-state index in [1.807, 2.05) is 6.92 Å². The van der Waals surface area contributed by atoms with Gasteiger partial charge in [0, 0.05) is 23.0 Å². The Morgan fingerprint density at radius 1 is 1.53 bits per heavy atom. The number of ether oxygens (including phenoxy) is 1. The van der Waals surface area contributed by atoms with Crippen LogP contribution in [0.2, 0.25) is 5.02 Å². The lowest BCUT2D eigenvalue weighted by Crippen LogP contribution is -2.29. The summed E-state index contributed by atoms with van der Waals surface area (Å²) < 4.78 is 19.0. The third kappa shape index (κ3) is 2.40. The van der Waals surface area contributed by atoms with Crippen molar-refractivity contribution in [2.75, 3.05) is 20.2 Å². The van der Waals surface area contributed by atoms with E-state index in [4.69, 9.17) is 16.3 Å². The Bertz CT molecular complexity index is 416. The van der Waals surface area contributed by atoms with E-state index >= 15 is 0 Å². The molecule has 2 nitrogen and oxygen atoms in total. The molecule has 0 aromatic heterocycles. The van der Waals surface area contributed by atoms with Crippen molar-refractivity contribution in [2.24, 2.45) is 0 Å². The highest BCUT2D eigenvalue weighted by Crippen LogP contribution is 2.38. The van der Waals surface area contributed by atoms with Crippen LogP contribution in [0, 0.1) is 12.7 Å². The van der Waals surface area contributed by atoms with Gasteiger partial charge in [0.1, 0.15) is 0 Å². The Hall–Kier alpha value is -0.800. The number of nitrogens with one attached hydrogen (secondary N) is 1. The first-order valence-electron chi connectivity index (χ1n) is 5.88. The van der Waals surface area contributed by atoms with E-state index < -0.39 is 0 Å². The van der Waals surface area contributed by atoms with Gasteiger partial charge in [-0.2, -0.15) is 0 Å². The molecule has 1 aromatic rings. The van der Waals surface area contributed by atoms with Crippen LogP contribution >= 0.6 is 11.6 Å². The zero-order valence-electron chi connectivity index (χ0n) is 10.1. The summed E-state index contributed by atoms with van der Waals surface area (Å²) in [6.07, 6.45) is 2.14. The van der Waals surface area contributed by atoms with Gasteiger partial charge in [0.2, 0.25) is 0 Å². The van der Waals surface area contributed by atoms with Crippen LogP contribution in [0.15, 0.2) is 6.07 Å². The van der Waals surface area contributed by atoms with Gasteiger partial charge < -0.3 is 10.1 Å². The molecule has 0 spiro atoms. The molecule has 1 fully saturated rings. The first-order valence-corrected chi connectivity index (χ1v) is 6.26. The van der Waals surface area contributed by atoms with E-state index in [9.17, 15) is 4.39 Å². The van der Waals surface area contributed by atoms with Crippen molar-refractivity contribution in [2.45, 2.75) is 25.7 Å². The van der Waals surface area contributed by atoms with Gasteiger partial charge >= 0.3 is 0 Å². The first-order chi connectivity index (χ1) is 8.15. The summed E-state index contributed by atoms with van der Waals surface area (Å²) in [6, 6.07) is 1.33. The summed E-state index contributed by atoms with van der Waals surface area (Å²) in [7, 11) is 1.51. The zero-order chi connectivity index (χ0) is 12.4. The van der Waals surface area contributed by atoms with E-state index in [2.05, 4.69) is 5.32 Å². The fourth-order valence-electron chi connectivity index (χ4n) is 2.51. The van der Waals surface area contributed by atoms with Crippen LogP contribution in [-0.4, -0.2) is 20.2 Å². The van der Waals surface area contributed by atoms with E-state index in [0.717, 1.165) is 37.1 Å². The quantitative estimate of drug-likeness (QED) is 0.878. The Morgan fingerprint density at radius 2 is 2.29 bits per heavy atom. The first kappa shape index (κ1) is 12.7. The van der Waals surface area contributed by atoms with Crippen molar-refractivity contribution >= 4 is 11.6 Å². The molecule has 1 N–H and O–H groups in total. The monoisotopic (exact) mass is 257 g/mol. The molecule has 94 valence electrons. The minimum atomic E-state index is -0.372. The van der Waals surface area contributed by atoms with Crippen LogP contribution in [0.3, 0.4) is 0 Å². The highest BCUT2D eigenvalue weighted by molar-refractivity contribution is 6.31. The molecular formula is C13H17ClFNO. The number of halogens is 2. The molecule has 2 rings (SSSR count). The van der Waals surface area contributed by atoms with Crippen LogP contribution in [-0.2, 0) is 0 Å². The predicted molar refractivity (Wildman–Crippen MR) is 67.5 cm³/mol. The topological polar surface area (TPSA) is 21.3 Å². The number of piperidine rings is 1. The second-order valence-electron chi connectivity index (χ2n) is 4.46. The van der Waals surface area contributed by atoms with Crippen molar-refractivity contribution in [3.63, 3.8) is 0 Å². The fourth-order valence-corrected chi connectivity index (χ4v) is 2.71. The van der Waals surface area contributed by atoms with Crippen LogP contribution in [0.4, 0.5) is 4.39 Å². The lowest BCUT2D eigenvalue weighted by molar-refractivity contribution is 0.367. The zero-order valence-corrected chi connectivity index (χ0v) is 10.9. The van der Waals surface area contributed by atoms with Crippen LogP contribution in [0.5, 0.6) is 5.75 Å². The normalized spacial score (nSPS) is 20.4. The molecule has 0 radical (unpaired) electrons. The van der Waals surface area contributed by atoms with Crippen molar-refractivity contribution in [3.05, 3.63) is 28.0 Å². The number of hydrogen-bond donors (Lipinski definition) is 1. The van der Waals surface area contributed by atoms with E-state index in [1.54, 1.807) is 0 Å². The molecule has 0 bridgehead atoms. The smallest absolute Gasteiger partial charge is 0.166 e. The predicted octanol–water partition coefficient (Wildman–Crippen LogP) is 3.26. The van der Waals surface area contributed by atoms with Crippen LogP contribution < -0.4 is 10.1 Å². The molecule has 1 unspecified atom stereocenters. The molecular weight excluding hydrogens is 241 g/mol. The lowest BCUT2D eigenvalue weighted by atomic mass is 9.88. The molecule has 1 aliphatic heterocycles. The number of rotatable bonds is 2. The molecule has 0 amide bonds. The van der Waals surface area contributed by atoms with Crippen LogP contribution in [0.25, 0.3) is 0 Å². The van der Waals surface area contributed by atoms with Crippen molar-refractivity contribution in [3.8, 4) is 5.75 Å². The van der Waals surface area contributed by atoms with Gasteiger partial charge in [-0.15, -0.1) is 0 Å².